The van der Waals surface area contributed by atoms with E-state index in [0.29, 0.717) is 5.69 Å². The van der Waals surface area contributed by atoms with Crippen LogP contribution < -0.4 is 5.32 Å². The first-order valence-corrected chi connectivity index (χ1v) is 7.90. The molecule has 0 radical (unpaired) electrons. The predicted molar refractivity (Wildman–Crippen MR) is 89.5 cm³/mol. The van der Waals surface area contributed by atoms with Crippen molar-refractivity contribution in [2.45, 2.75) is 19.9 Å². The number of benzene rings is 1. The van der Waals surface area contributed by atoms with Crippen LogP contribution in [0, 0.1) is 3.57 Å². The quantitative estimate of drug-likeness (QED) is 0.708. The third kappa shape index (κ3) is 3.82. The maximum absolute atomic E-state index is 12.3. The highest BCUT2D eigenvalue weighted by Gasteiger charge is 2.12. The van der Waals surface area contributed by atoms with E-state index < -0.39 is 0 Å². The van der Waals surface area contributed by atoms with Crippen LogP contribution in [-0.2, 0) is 6.54 Å². The normalized spacial score (nSPS) is 10.5. The Bertz CT molecular complexity index is 578. The molecule has 1 aromatic heterocycles. The van der Waals surface area contributed by atoms with Gasteiger partial charge in [0.1, 0.15) is 5.69 Å². The maximum Gasteiger partial charge on any atom is 0.272 e. The molecule has 1 amide bonds. The number of rotatable bonds is 4. The maximum atomic E-state index is 12.3. The summed E-state index contributed by atoms with van der Waals surface area (Å²) in [4.78, 5) is 12.3. The van der Waals surface area contributed by atoms with Gasteiger partial charge in [0.15, 0.2) is 0 Å². The van der Waals surface area contributed by atoms with E-state index >= 15 is 0 Å². The monoisotopic (exact) mass is 432 g/mol. The van der Waals surface area contributed by atoms with E-state index in [1.807, 2.05) is 41.1 Å². The molecular weight excluding hydrogens is 419 g/mol. The van der Waals surface area contributed by atoms with Crippen molar-refractivity contribution in [3.63, 3.8) is 0 Å². The summed E-state index contributed by atoms with van der Waals surface area (Å²) in [5, 5.41) is 2.91. The molecule has 2 aromatic rings. The molecule has 2 rings (SSSR count). The number of hydrogen-bond acceptors (Lipinski definition) is 1. The highest BCUT2D eigenvalue weighted by Crippen LogP contribution is 2.18. The summed E-state index contributed by atoms with van der Waals surface area (Å²) in [6.45, 7) is 2.93. The molecule has 0 aliphatic heterocycles. The SMILES string of the molecule is CCCn1cc(Br)cc1C(=O)Nc1ccc(I)cc1. The molecule has 1 aromatic carbocycles. The van der Waals surface area contributed by atoms with Crippen molar-refractivity contribution in [3.8, 4) is 0 Å². The van der Waals surface area contributed by atoms with E-state index in [4.69, 9.17) is 0 Å². The van der Waals surface area contributed by atoms with Crippen LogP contribution in [0.25, 0.3) is 0 Å². The molecule has 0 saturated carbocycles. The molecule has 0 aliphatic carbocycles. The molecule has 0 atom stereocenters. The number of amides is 1. The molecule has 0 unspecified atom stereocenters. The molecule has 1 heterocycles. The summed E-state index contributed by atoms with van der Waals surface area (Å²) in [7, 11) is 0. The fourth-order valence-electron chi connectivity index (χ4n) is 1.82. The molecule has 0 fully saturated rings. The summed E-state index contributed by atoms with van der Waals surface area (Å²) in [5.41, 5.74) is 1.48. The van der Waals surface area contributed by atoms with Crippen molar-refractivity contribution in [1.29, 1.82) is 0 Å². The Labute approximate surface area is 134 Å². The van der Waals surface area contributed by atoms with E-state index in [2.05, 4.69) is 50.8 Å². The largest absolute Gasteiger partial charge is 0.342 e. The minimum atomic E-state index is -0.0830. The summed E-state index contributed by atoms with van der Waals surface area (Å²) in [6, 6.07) is 9.59. The highest BCUT2D eigenvalue weighted by molar-refractivity contribution is 14.1. The van der Waals surface area contributed by atoms with Crippen LogP contribution >= 0.6 is 38.5 Å². The number of aromatic nitrogens is 1. The van der Waals surface area contributed by atoms with E-state index in [0.717, 1.165) is 26.7 Å². The van der Waals surface area contributed by atoms with Crippen LogP contribution in [0.3, 0.4) is 0 Å². The van der Waals surface area contributed by atoms with Crippen molar-refractivity contribution >= 4 is 50.1 Å². The Morgan fingerprint density at radius 3 is 2.68 bits per heavy atom. The number of anilines is 1. The second kappa shape index (κ2) is 6.56. The van der Waals surface area contributed by atoms with Gasteiger partial charge in [-0.3, -0.25) is 4.79 Å². The molecule has 0 saturated heterocycles. The van der Waals surface area contributed by atoms with Gasteiger partial charge in [0.25, 0.3) is 5.91 Å². The smallest absolute Gasteiger partial charge is 0.272 e. The van der Waals surface area contributed by atoms with Crippen LogP contribution in [-0.4, -0.2) is 10.5 Å². The zero-order chi connectivity index (χ0) is 13.8. The number of carbonyl (C=O) groups excluding carboxylic acids is 1. The van der Waals surface area contributed by atoms with Gasteiger partial charge in [-0.05, 0) is 75.3 Å². The Hall–Kier alpha value is -0.820. The summed E-state index contributed by atoms with van der Waals surface area (Å²) >= 11 is 5.65. The molecule has 0 bridgehead atoms. The van der Waals surface area contributed by atoms with E-state index in [-0.39, 0.29) is 5.91 Å². The van der Waals surface area contributed by atoms with E-state index in [1.54, 1.807) is 0 Å². The lowest BCUT2D eigenvalue weighted by atomic mass is 10.3. The van der Waals surface area contributed by atoms with Crippen molar-refractivity contribution < 1.29 is 4.79 Å². The van der Waals surface area contributed by atoms with Gasteiger partial charge in [-0.25, -0.2) is 0 Å². The predicted octanol–water partition coefficient (Wildman–Crippen LogP) is 4.52. The molecule has 3 nitrogen and oxygen atoms in total. The summed E-state index contributed by atoms with van der Waals surface area (Å²) in [5.74, 6) is -0.0830. The second-order valence-corrected chi connectivity index (χ2v) is 6.36. The Kier molecular flexibility index (Phi) is 5.04. The lowest BCUT2D eigenvalue weighted by molar-refractivity contribution is 0.101. The van der Waals surface area contributed by atoms with Crippen molar-refractivity contribution in [1.82, 2.24) is 4.57 Å². The molecule has 5 heteroatoms. The van der Waals surface area contributed by atoms with Gasteiger partial charge in [-0.2, -0.15) is 0 Å². The van der Waals surface area contributed by atoms with Crippen LogP contribution in [0.15, 0.2) is 41.0 Å². The van der Waals surface area contributed by atoms with Gasteiger partial charge in [-0.1, -0.05) is 6.92 Å². The highest BCUT2D eigenvalue weighted by atomic mass is 127. The summed E-state index contributed by atoms with van der Waals surface area (Å²) in [6.07, 6.45) is 2.93. The van der Waals surface area contributed by atoms with Gasteiger partial charge in [0.2, 0.25) is 0 Å². The number of halogens is 2. The van der Waals surface area contributed by atoms with Gasteiger partial charge in [-0.15, -0.1) is 0 Å². The first-order valence-electron chi connectivity index (χ1n) is 6.02. The fourth-order valence-corrected chi connectivity index (χ4v) is 2.64. The molecular formula is C14H14BrIN2O. The first-order chi connectivity index (χ1) is 9.10. The molecule has 100 valence electrons. The fraction of sp³-hybridized carbons (Fsp3) is 0.214. The molecule has 0 aliphatic rings. The minimum absolute atomic E-state index is 0.0830. The topological polar surface area (TPSA) is 34.0 Å². The number of nitrogens with one attached hydrogen (secondary N) is 1. The van der Waals surface area contributed by atoms with Crippen LogP contribution in [0.4, 0.5) is 5.69 Å². The number of carbonyl (C=O) groups is 1. The molecule has 1 N–H and O–H groups in total. The molecule has 0 spiro atoms. The zero-order valence-electron chi connectivity index (χ0n) is 10.5. The minimum Gasteiger partial charge on any atom is -0.342 e. The van der Waals surface area contributed by atoms with Crippen molar-refractivity contribution in [3.05, 3.63) is 50.3 Å². The number of aryl methyl sites for hydroxylation is 1. The third-order valence-electron chi connectivity index (χ3n) is 2.66. The number of nitrogens with zero attached hydrogens (tertiary/aromatic N) is 1. The Balaban J connectivity index is 2.17. The van der Waals surface area contributed by atoms with Gasteiger partial charge < -0.3 is 9.88 Å². The average molecular weight is 433 g/mol. The van der Waals surface area contributed by atoms with E-state index in [1.165, 1.54) is 0 Å². The van der Waals surface area contributed by atoms with Gasteiger partial charge in [0, 0.05) is 26.5 Å². The van der Waals surface area contributed by atoms with Gasteiger partial charge >= 0.3 is 0 Å². The standard InChI is InChI=1S/C14H14BrIN2O/c1-2-7-18-9-10(15)8-13(18)14(19)17-12-5-3-11(16)4-6-12/h3-6,8-9H,2,7H2,1H3,(H,17,19). The molecule has 19 heavy (non-hydrogen) atoms. The summed E-state index contributed by atoms with van der Waals surface area (Å²) < 4.78 is 4.04. The average Bonchev–Trinajstić information content (AvgIpc) is 2.74. The van der Waals surface area contributed by atoms with Crippen LogP contribution in [0.1, 0.15) is 23.8 Å². The van der Waals surface area contributed by atoms with Crippen molar-refractivity contribution in [2.24, 2.45) is 0 Å². The zero-order valence-corrected chi connectivity index (χ0v) is 14.2. The Morgan fingerprint density at radius 2 is 2.05 bits per heavy atom. The lowest BCUT2D eigenvalue weighted by Gasteiger charge is -2.08. The lowest BCUT2D eigenvalue weighted by Crippen LogP contribution is -2.16. The van der Waals surface area contributed by atoms with Gasteiger partial charge in [0.05, 0.1) is 0 Å². The van der Waals surface area contributed by atoms with Crippen LogP contribution in [0.5, 0.6) is 0 Å². The van der Waals surface area contributed by atoms with E-state index in [9.17, 15) is 4.79 Å². The third-order valence-corrected chi connectivity index (χ3v) is 3.82. The second-order valence-electron chi connectivity index (χ2n) is 4.20. The number of hydrogen-bond donors (Lipinski definition) is 1. The first kappa shape index (κ1) is 14.6. The van der Waals surface area contributed by atoms with Crippen LogP contribution in [0.2, 0.25) is 0 Å². The Morgan fingerprint density at radius 1 is 1.37 bits per heavy atom. The van der Waals surface area contributed by atoms with Crippen molar-refractivity contribution in [2.75, 3.05) is 5.32 Å².